The second-order valence-electron chi connectivity index (χ2n) is 4.20. The maximum absolute atomic E-state index is 9.42. The molecule has 0 amide bonds. The first-order chi connectivity index (χ1) is 7.65. The molecule has 0 aliphatic rings. The molecule has 0 radical (unpaired) electrons. The number of hydrogen-bond acceptors (Lipinski definition) is 3. The molecule has 0 fully saturated rings. The van der Waals surface area contributed by atoms with Gasteiger partial charge in [0, 0.05) is 35.4 Å². The van der Waals surface area contributed by atoms with E-state index in [0.29, 0.717) is 0 Å². The minimum atomic E-state index is 0.0288. The predicted molar refractivity (Wildman–Crippen MR) is 71.1 cm³/mol. The largest absolute Gasteiger partial charge is 0.396 e. The van der Waals surface area contributed by atoms with Gasteiger partial charge in [-0.15, -0.1) is 11.3 Å². The second kappa shape index (κ2) is 6.60. The Labute approximate surface area is 107 Å². The van der Waals surface area contributed by atoms with E-state index in [1.807, 2.05) is 11.4 Å². The zero-order valence-corrected chi connectivity index (χ0v) is 11.5. The van der Waals surface area contributed by atoms with E-state index in [4.69, 9.17) is 11.6 Å². The van der Waals surface area contributed by atoms with Crippen molar-refractivity contribution >= 4 is 22.9 Å². The third kappa shape index (κ3) is 3.74. The van der Waals surface area contributed by atoms with Crippen molar-refractivity contribution in [2.45, 2.75) is 33.2 Å². The summed E-state index contributed by atoms with van der Waals surface area (Å²) in [5, 5.41) is 15.6. The molecule has 92 valence electrons. The molecule has 0 bridgehead atoms. The highest BCUT2D eigenvalue weighted by Crippen LogP contribution is 2.25. The molecule has 4 heteroatoms. The van der Waals surface area contributed by atoms with Crippen molar-refractivity contribution in [3.63, 3.8) is 0 Å². The van der Waals surface area contributed by atoms with Crippen molar-refractivity contribution < 1.29 is 5.11 Å². The Morgan fingerprint density at radius 2 is 2.12 bits per heavy atom. The first-order valence-corrected chi connectivity index (χ1v) is 6.96. The first-order valence-electron chi connectivity index (χ1n) is 5.70. The number of hydrogen-bond donors (Lipinski definition) is 2. The summed E-state index contributed by atoms with van der Waals surface area (Å²) in [5.41, 5.74) is 0.0288. The Morgan fingerprint density at radius 1 is 1.44 bits per heavy atom. The smallest absolute Gasteiger partial charge is 0.0516 e. The quantitative estimate of drug-likeness (QED) is 0.790. The van der Waals surface area contributed by atoms with Crippen LogP contribution >= 0.6 is 22.9 Å². The van der Waals surface area contributed by atoms with Crippen molar-refractivity contribution in [2.75, 3.05) is 13.2 Å². The van der Waals surface area contributed by atoms with Crippen LogP contribution in [-0.4, -0.2) is 18.3 Å². The third-order valence-electron chi connectivity index (χ3n) is 3.26. The Kier molecular flexibility index (Phi) is 5.76. The van der Waals surface area contributed by atoms with Crippen molar-refractivity contribution in [3.8, 4) is 0 Å². The maximum atomic E-state index is 9.42. The summed E-state index contributed by atoms with van der Waals surface area (Å²) >= 11 is 7.52. The summed E-state index contributed by atoms with van der Waals surface area (Å²) < 4.78 is 0. The molecule has 0 unspecified atom stereocenters. The van der Waals surface area contributed by atoms with Gasteiger partial charge in [-0.25, -0.2) is 0 Å². The molecule has 1 heterocycles. The predicted octanol–water partition coefficient (Wildman–Crippen LogP) is 3.29. The summed E-state index contributed by atoms with van der Waals surface area (Å²) in [6, 6.07) is 1.98. The highest BCUT2D eigenvalue weighted by Gasteiger charge is 2.24. The summed E-state index contributed by atoms with van der Waals surface area (Å²) in [4.78, 5) is 1.24. The standard InChI is InChI=1S/C12H20ClNOS/c1-3-12(4-2,9-15)8-14-6-11-5-10(13)7-16-11/h5,7,14-15H,3-4,6,8-9H2,1-2H3. The fourth-order valence-corrected chi connectivity index (χ4v) is 2.72. The number of nitrogens with one attached hydrogen (secondary N) is 1. The lowest BCUT2D eigenvalue weighted by atomic mass is 9.83. The number of aliphatic hydroxyl groups is 1. The lowest BCUT2D eigenvalue weighted by molar-refractivity contribution is 0.113. The van der Waals surface area contributed by atoms with E-state index in [1.165, 1.54) is 4.88 Å². The number of rotatable bonds is 7. The number of halogens is 1. The number of aliphatic hydroxyl groups excluding tert-OH is 1. The molecule has 16 heavy (non-hydrogen) atoms. The van der Waals surface area contributed by atoms with Gasteiger partial charge in [0.15, 0.2) is 0 Å². The summed E-state index contributed by atoms with van der Waals surface area (Å²) in [6.45, 7) is 6.19. The molecular weight excluding hydrogens is 242 g/mol. The van der Waals surface area contributed by atoms with Crippen LogP contribution in [0.5, 0.6) is 0 Å². The topological polar surface area (TPSA) is 32.3 Å². The van der Waals surface area contributed by atoms with Crippen molar-refractivity contribution in [1.29, 1.82) is 0 Å². The van der Waals surface area contributed by atoms with Gasteiger partial charge in [-0.3, -0.25) is 0 Å². The van der Waals surface area contributed by atoms with Crippen molar-refractivity contribution in [2.24, 2.45) is 5.41 Å². The molecular formula is C12H20ClNOS. The minimum absolute atomic E-state index is 0.0288. The fraction of sp³-hybridized carbons (Fsp3) is 0.667. The summed E-state index contributed by atoms with van der Waals surface area (Å²) in [5.74, 6) is 0. The zero-order valence-electron chi connectivity index (χ0n) is 9.92. The highest BCUT2D eigenvalue weighted by molar-refractivity contribution is 7.10. The molecule has 2 N–H and O–H groups in total. The molecule has 1 aromatic heterocycles. The fourth-order valence-electron chi connectivity index (χ4n) is 1.68. The van der Waals surface area contributed by atoms with E-state index in [9.17, 15) is 5.11 Å². The van der Waals surface area contributed by atoms with E-state index in [0.717, 1.165) is 31.0 Å². The molecule has 0 aliphatic heterocycles. The Bertz CT molecular complexity index is 301. The van der Waals surface area contributed by atoms with Crippen LogP contribution in [0.1, 0.15) is 31.6 Å². The van der Waals surface area contributed by atoms with Gasteiger partial charge in [-0.1, -0.05) is 25.4 Å². The Balaban J connectivity index is 2.39. The Morgan fingerprint density at radius 3 is 2.56 bits per heavy atom. The normalized spacial score (nSPS) is 12.0. The molecule has 1 rings (SSSR count). The maximum Gasteiger partial charge on any atom is 0.0516 e. The molecule has 1 aromatic rings. The molecule has 0 aliphatic carbocycles. The Hall–Kier alpha value is -0.0900. The summed E-state index contributed by atoms with van der Waals surface area (Å²) in [6.07, 6.45) is 2.00. The zero-order chi connectivity index (χ0) is 12.0. The van der Waals surface area contributed by atoms with Crippen LogP contribution in [0.25, 0.3) is 0 Å². The SMILES string of the molecule is CCC(CC)(CO)CNCc1cc(Cl)cs1. The third-order valence-corrected chi connectivity index (χ3v) is 4.54. The van der Waals surface area contributed by atoms with Crippen LogP contribution < -0.4 is 5.32 Å². The van der Waals surface area contributed by atoms with E-state index in [1.54, 1.807) is 11.3 Å². The van der Waals surface area contributed by atoms with Crippen LogP contribution in [0.15, 0.2) is 11.4 Å². The molecule has 0 saturated carbocycles. The van der Waals surface area contributed by atoms with E-state index in [2.05, 4.69) is 19.2 Å². The molecule has 0 atom stereocenters. The van der Waals surface area contributed by atoms with Crippen LogP contribution in [0, 0.1) is 5.41 Å². The highest BCUT2D eigenvalue weighted by atomic mass is 35.5. The van der Waals surface area contributed by atoms with Gasteiger partial charge in [-0.05, 0) is 18.9 Å². The van der Waals surface area contributed by atoms with Gasteiger partial charge in [-0.2, -0.15) is 0 Å². The summed E-state index contributed by atoms with van der Waals surface area (Å²) in [7, 11) is 0. The van der Waals surface area contributed by atoms with Crippen LogP contribution in [-0.2, 0) is 6.54 Å². The van der Waals surface area contributed by atoms with Gasteiger partial charge in [0.2, 0.25) is 0 Å². The van der Waals surface area contributed by atoms with E-state index >= 15 is 0 Å². The molecule has 0 spiro atoms. The van der Waals surface area contributed by atoms with Gasteiger partial charge < -0.3 is 10.4 Å². The lowest BCUT2D eigenvalue weighted by Gasteiger charge is -2.29. The van der Waals surface area contributed by atoms with Crippen molar-refractivity contribution in [3.05, 3.63) is 21.3 Å². The molecule has 0 aromatic carbocycles. The van der Waals surface area contributed by atoms with Gasteiger partial charge in [0.25, 0.3) is 0 Å². The van der Waals surface area contributed by atoms with Crippen LogP contribution in [0.2, 0.25) is 5.02 Å². The lowest BCUT2D eigenvalue weighted by Crippen LogP contribution is -2.36. The van der Waals surface area contributed by atoms with Gasteiger partial charge in [0.05, 0.1) is 5.02 Å². The minimum Gasteiger partial charge on any atom is -0.396 e. The van der Waals surface area contributed by atoms with Gasteiger partial charge in [0.1, 0.15) is 0 Å². The monoisotopic (exact) mass is 261 g/mol. The van der Waals surface area contributed by atoms with Crippen LogP contribution in [0.4, 0.5) is 0 Å². The van der Waals surface area contributed by atoms with Crippen LogP contribution in [0.3, 0.4) is 0 Å². The number of thiophene rings is 1. The molecule has 0 saturated heterocycles. The average Bonchev–Trinajstić information content (AvgIpc) is 2.71. The van der Waals surface area contributed by atoms with Gasteiger partial charge >= 0.3 is 0 Å². The second-order valence-corrected chi connectivity index (χ2v) is 5.63. The van der Waals surface area contributed by atoms with E-state index in [-0.39, 0.29) is 12.0 Å². The average molecular weight is 262 g/mol. The van der Waals surface area contributed by atoms with E-state index < -0.39 is 0 Å². The van der Waals surface area contributed by atoms with Crippen molar-refractivity contribution in [1.82, 2.24) is 5.32 Å². The molecule has 2 nitrogen and oxygen atoms in total. The first kappa shape index (κ1) is 14.0.